The van der Waals surface area contributed by atoms with Gasteiger partial charge in [0.25, 0.3) is 0 Å². The third kappa shape index (κ3) is 3.61. The maximum Gasteiger partial charge on any atom is 0.0451 e. The highest BCUT2D eigenvalue weighted by atomic mass is 35.5. The summed E-state index contributed by atoms with van der Waals surface area (Å²) in [6, 6.07) is 9.51. The van der Waals surface area contributed by atoms with Crippen LogP contribution < -0.4 is 5.32 Å². The van der Waals surface area contributed by atoms with E-state index in [1.165, 1.54) is 18.4 Å². The van der Waals surface area contributed by atoms with Crippen LogP contribution >= 0.6 is 11.6 Å². The zero-order valence-corrected chi connectivity index (χ0v) is 14.2. The predicted octanol–water partition coefficient (Wildman–Crippen LogP) is 3.94. The lowest BCUT2D eigenvalue weighted by atomic mass is 9.84. The van der Waals surface area contributed by atoms with Crippen LogP contribution in [-0.4, -0.2) is 30.1 Å². The molecular formula is C18H27ClN2. The lowest BCUT2D eigenvalue weighted by molar-refractivity contribution is 0.0689. The summed E-state index contributed by atoms with van der Waals surface area (Å²) in [6.45, 7) is 10.2. The second-order valence-corrected chi connectivity index (χ2v) is 8.16. The monoisotopic (exact) mass is 306 g/mol. The van der Waals surface area contributed by atoms with Gasteiger partial charge in [0.2, 0.25) is 0 Å². The summed E-state index contributed by atoms with van der Waals surface area (Å²) in [5, 5.41) is 4.69. The quantitative estimate of drug-likeness (QED) is 0.910. The standard InChI is InChI=1S/C18H27ClN2/c1-18(2,3)17-12-21(16(10-20-17)13-8-9-13)11-14-6-4-5-7-15(14)19/h4-7,13,16-17,20H,8-12H2,1-3H3. The van der Waals surface area contributed by atoms with Crippen LogP contribution in [0.2, 0.25) is 5.02 Å². The fourth-order valence-electron chi connectivity index (χ4n) is 3.38. The van der Waals surface area contributed by atoms with E-state index in [1.54, 1.807) is 0 Å². The first-order valence-electron chi connectivity index (χ1n) is 8.16. The zero-order valence-electron chi connectivity index (χ0n) is 13.4. The molecule has 1 heterocycles. The van der Waals surface area contributed by atoms with E-state index in [0.29, 0.717) is 17.5 Å². The molecule has 2 atom stereocenters. The first-order chi connectivity index (χ1) is 9.95. The summed E-state index contributed by atoms with van der Waals surface area (Å²) in [5.74, 6) is 0.890. The topological polar surface area (TPSA) is 15.3 Å². The summed E-state index contributed by atoms with van der Waals surface area (Å²) in [4.78, 5) is 2.67. The van der Waals surface area contributed by atoms with Crippen LogP contribution in [0.15, 0.2) is 24.3 Å². The van der Waals surface area contributed by atoms with Crippen molar-refractivity contribution in [3.63, 3.8) is 0 Å². The minimum absolute atomic E-state index is 0.299. The van der Waals surface area contributed by atoms with Gasteiger partial charge in [0, 0.05) is 36.7 Å². The maximum atomic E-state index is 6.37. The van der Waals surface area contributed by atoms with Gasteiger partial charge in [-0.1, -0.05) is 50.6 Å². The molecule has 3 rings (SSSR count). The normalized spacial score (nSPS) is 27.8. The van der Waals surface area contributed by atoms with Gasteiger partial charge in [-0.05, 0) is 35.8 Å². The van der Waals surface area contributed by atoms with E-state index in [0.717, 1.165) is 30.6 Å². The van der Waals surface area contributed by atoms with E-state index in [2.05, 4.69) is 43.1 Å². The maximum absolute atomic E-state index is 6.37. The minimum atomic E-state index is 0.299. The minimum Gasteiger partial charge on any atom is -0.311 e. The number of halogens is 1. The Balaban J connectivity index is 1.76. The third-order valence-electron chi connectivity index (χ3n) is 5.00. The highest BCUT2D eigenvalue weighted by molar-refractivity contribution is 6.31. The number of rotatable bonds is 3. The van der Waals surface area contributed by atoms with Gasteiger partial charge < -0.3 is 5.32 Å². The van der Waals surface area contributed by atoms with Gasteiger partial charge in [-0.2, -0.15) is 0 Å². The van der Waals surface area contributed by atoms with E-state index in [9.17, 15) is 0 Å². The number of benzene rings is 1. The molecular weight excluding hydrogens is 280 g/mol. The van der Waals surface area contributed by atoms with Crippen molar-refractivity contribution in [2.45, 2.75) is 52.2 Å². The van der Waals surface area contributed by atoms with Crippen LogP contribution in [0.25, 0.3) is 0 Å². The molecule has 1 saturated carbocycles. The first kappa shape index (κ1) is 15.3. The van der Waals surface area contributed by atoms with Gasteiger partial charge in [-0.3, -0.25) is 4.90 Å². The van der Waals surface area contributed by atoms with Crippen molar-refractivity contribution < 1.29 is 0 Å². The summed E-state index contributed by atoms with van der Waals surface area (Å²) in [6.07, 6.45) is 2.79. The van der Waals surface area contributed by atoms with Crippen LogP contribution in [0.5, 0.6) is 0 Å². The Morgan fingerprint density at radius 3 is 2.57 bits per heavy atom. The summed E-state index contributed by atoms with van der Waals surface area (Å²) in [7, 11) is 0. The van der Waals surface area contributed by atoms with Gasteiger partial charge in [0.15, 0.2) is 0 Å². The summed E-state index contributed by atoms with van der Waals surface area (Å²) in [5.41, 5.74) is 1.56. The molecule has 1 saturated heterocycles. The van der Waals surface area contributed by atoms with Crippen molar-refractivity contribution in [2.75, 3.05) is 13.1 Å². The molecule has 1 aliphatic heterocycles. The van der Waals surface area contributed by atoms with E-state index in [-0.39, 0.29) is 0 Å². The number of nitrogens with zero attached hydrogens (tertiary/aromatic N) is 1. The predicted molar refractivity (Wildman–Crippen MR) is 89.6 cm³/mol. The smallest absolute Gasteiger partial charge is 0.0451 e. The number of hydrogen-bond acceptors (Lipinski definition) is 2. The first-order valence-corrected chi connectivity index (χ1v) is 8.54. The van der Waals surface area contributed by atoms with Gasteiger partial charge in [0.05, 0.1) is 0 Å². The Morgan fingerprint density at radius 2 is 1.95 bits per heavy atom. The Kier molecular flexibility index (Phi) is 4.31. The van der Waals surface area contributed by atoms with Gasteiger partial charge in [-0.15, -0.1) is 0 Å². The van der Waals surface area contributed by atoms with Crippen LogP contribution in [0, 0.1) is 11.3 Å². The van der Waals surface area contributed by atoms with E-state index in [4.69, 9.17) is 11.6 Å². The molecule has 1 N–H and O–H groups in total. The highest BCUT2D eigenvalue weighted by Crippen LogP contribution is 2.38. The number of hydrogen-bond donors (Lipinski definition) is 1. The third-order valence-corrected chi connectivity index (χ3v) is 5.37. The van der Waals surface area contributed by atoms with Crippen LogP contribution in [0.4, 0.5) is 0 Å². The van der Waals surface area contributed by atoms with Crippen molar-refractivity contribution in [2.24, 2.45) is 11.3 Å². The molecule has 3 heteroatoms. The molecule has 2 unspecified atom stereocenters. The van der Waals surface area contributed by atoms with Crippen molar-refractivity contribution in [3.8, 4) is 0 Å². The van der Waals surface area contributed by atoms with Crippen molar-refractivity contribution >= 4 is 11.6 Å². The molecule has 0 aromatic heterocycles. The zero-order chi connectivity index (χ0) is 15.0. The van der Waals surface area contributed by atoms with Crippen LogP contribution in [0.1, 0.15) is 39.2 Å². The largest absolute Gasteiger partial charge is 0.311 e. The van der Waals surface area contributed by atoms with Crippen LogP contribution in [-0.2, 0) is 6.54 Å². The van der Waals surface area contributed by atoms with Gasteiger partial charge >= 0.3 is 0 Å². The molecule has 1 aliphatic carbocycles. The number of nitrogens with one attached hydrogen (secondary N) is 1. The fraction of sp³-hybridized carbons (Fsp3) is 0.667. The van der Waals surface area contributed by atoms with Gasteiger partial charge in [-0.25, -0.2) is 0 Å². The molecule has 0 amide bonds. The van der Waals surface area contributed by atoms with Crippen molar-refractivity contribution in [3.05, 3.63) is 34.9 Å². The van der Waals surface area contributed by atoms with E-state index in [1.807, 2.05) is 12.1 Å². The Morgan fingerprint density at radius 1 is 1.24 bits per heavy atom. The summed E-state index contributed by atoms with van der Waals surface area (Å²) >= 11 is 6.37. The lowest BCUT2D eigenvalue weighted by Gasteiger charge is -2.45. The summed E-state index contributed by atoms with van der Waals surface area (Å²) < 4.78 is 0. The van der Waals surface area contributed by atoms with Crippen molar-refractivity contribution in [1.82, 2.24) is 10.2 Å². The van der Waals surface area contributed by atoms with Crippen molar-refractivity contribution in [1.29, 1.82) is 0 Å². The molecule has 0 spiro atoms. The molecule has 0 bridgehead atoms. The average Bonchev–Trinajstić information content (AvgIpc) is 3.25. The van der Waals surface area contributed by atoms with E-state index < -0.39 is 0 Å². The molecule has 116 valence electrons. The SMILES string of the molecule is CC(C)(C)C1CN(Cc2ccccc2Cl)C(C2CC2)CN1. The Labute approximate surface area is 133 Å². The molecule has 2 aliphatic rings. The van der Waals surface area contributed by atoms with Crippen LogP contribution in [0.3, 0.4) is 0 Å². The van der Waals surface area contributed by atoms with E-state index >= 15 is 0 Å². The molecule has 2 fully saturated rings. The molecule has 21 heavy (non-hydrogen) atoms. The molecule has 1 aromatic rings. The fourth-order valence-corrected chi connectivity index (χ4v) is 3.58. The molecule has 1 aromatic carbocycles. The second-order valence-electron chi connectivity index (χ2n) is 7.75. The second kappa shape index (κ2) is 5.91. The highest BCUT2D eigenvalue weighted by Gasteiger charge is 2.41. The Hall–Kier alpha value is -0.570. The number of piperazine rings is 1. The van der Waals surface area contributed by atoms with Gasteiger partial charge in [0.1, 0.15) is 0 Å². The molecule has 0 radical (unpaired) electrons. The molecule has 2 nitrogen and oxygen atoms in total. The Bertz CT molecular complexity index is 490. The lowest BCUT2D eigenvalue weighted by Crippen LogP contribution is -2.60. The average molecular weight is 307 g/mol.